The molecule has 0 saturated carbocycles. The molecule has 0 aliphatic heterocycles. The molecular weight excluding hydrogens is 218 g/mol. The summed E-state index contributed by atoms with van der Waals surface area (Å²) in [7, 11) is 0. The summed E-state index contributed by atoms with van der Waals surface area (Å²) in [6, 6.07) is 7.86. The number of anilines is 1. The van der Waals surface area contributed by atoms with Crippen LogP contribution in [-0.4, -0.2) is 38.4 Å². The van der Waals surface area contributed by atoms with E-state index in [-0.39, 0.29) is 6.61 Å². The molecule has 6 nitrogen and oxygen atoms in total. The molecule has 2 heterocycles. The molecule has 0 radical (unpaired) electrons. The summed E-state index contributed by atoms with van der Waals surface area (Å²) in [5.41, 5.74) is 2.44. The number of hydrogen-bond donors (Lipinski definition) is 3. The molecule has 0 bridgehead atoms. The SMILES string of the molecule is OCCNc1nnc2c(n1)[nH]c1ccccc12. The number of rotatable bonds is 3. The van der Waals surface area contributed by atoms with Crippen molar-refractivity contribution in [2.75, 3.05) is 18.5 Å². The van der Waals surface area contributed by atoms with Crippen LogP contribution in [0.5, 0.6) is 0 Å². The topological polar surface area (TPSA) is 86.7 Å². The Morgan fingerprint density at radius 2 is 2.12 bits per heavy atom. The summed E-state index contributed by atoms with van der Waals surface area (Å²) >= 11 is 0. The highest BCUT2D eigenvalue weighted by atomic mass is 16.3. The number of H-pyrrole nitrogens is 1. The minimum Gasteiger partial charge on any atom is -0.395 e. The summed E-state index contributed by atoms with van der Waals surface area (Å²) in [6.45, 7) is 0.446. The van der Waals surface area contributed by atoms with E-state index in [4.69, 9.17) is 5.11 Å². The second kappa shape index (κ2) is 3.99. The molecule has 2 aromatic heterocycles. The van der Waals surface area contributed by atoms with E-state index in [1.807, 2.05) is 24.3 Å². The highest BCUT2D eigenvalue weighted by Gasteiger charge is 2.07. The molecule has 86 valence electrons. The first-order valence-corrected chi connectivity index (χ1v) is 5.34. The number of aliphatic hydroxyl groups is 1. The maximum atomic E-state index is 8.71. The predicted molar refractivity (Wildman–Crippen MR) is 64.8 cm³/mol. The summed E-state index contributed by atoms with van der Waals surface area (Å²) < 4.78 is 0. The van der Waals surface area contributed by atoms with Gasteiger partial charge in [0.25, 0.3) is 0 Å². The van der Waals surface area contributed by atoms with Crippen LogP contribution in [0.25, 0.3) is 22.1 Å². The number of nitrogens with zero attached hydrogens (tertiary/aromatic N) is 3. The molecule has 0 aliphatic rings. The van der Waals surface area contributed by atoms with E-state index in [2.05, 4.69) is 25.5 Å². The fraction of sp³-hybridized carbons (Fsp3) is 0.182. The lowest BCUT2D eigenvalue weighted by atomic mass is 10.2. The zero-order valence-electron chi connectivity index (χ0n) is 9.01. The monoisotopic (exact) mass is 229 g/mol. The summed E-state index contributed by atoms with van der Waals surface area (Å²) in [6.07, 6.45) is 0. The van der Waals surface area contributed by atoms with Crippen LogP contribution in [0.1, 0.15) is 0 Å². The molecule has 3 rings (SSSR count). The second-order valence-corrected chi connectivity index (χ2v) is 3.65. The zero-order valence-corrected chi connectivity index (χ0v) is 9.01. The van der Waals surface area contributed by atoms with Gasteiger partial charge in [0.1, 0.15) is 5.52 Å². The van der Waals surface area contributed by atoms with Crippen molar-refractivity contribution < 1.29 is 5.11 Å². The van der Waals surface area contributed by atoms with Gasteiger partial charge in [-0.3, -0.25) is 0 Å². The molecule has 0 fully saturated rings. The predicted octanol–water partition coefficient (Wildman–Crippen LogP) is 0.910. The summed E-state index contributed by atoms with van der Waals surface area (Å²) in [4.78, 5) is 7.48. The fourth-order valence-electron chi connectivity index (χ4n) is 1.76. The molecule has 6 heteroatoms. The Bertz CT molecular complexity index is 663. The maximum Gasteiger partial charge on any atom is 0.244 e. The first kappa shape index (κ1) is 9.98. The minimum absolute atomic E-state index is 0.0358. The maximum absolute atomic E-state index is 8.71. The van der Waals surface area contributed by atoms with Gasteiger partial charge in [0.2, 0.25) is 5.95 Å². The van der Waals surface area contributed by atoms with E-state index in [0.29, 0.717) is 18.1 Å². The molecule has 3 N–H and O–H groups in total. The van der Waals surface area contributed by atoms with Crippen molar-refractivity contribution in [3.05, 3.63) is 24.3 Å². The van der Waals surface area contributed by atoms with Gasteiger partial charge in [-0.1, -0.05) is 18.2 Å². The van der Waals surface area contributed by atoms with Crippen molar-refractivity contribution in [3.63, 3.8) is 0 Å². The van der Waals surface area contributed by atoms with E-state index in [9.17, 15) is 0 Å². The van der Waals surface area contributed by atoms with Crippen LogP contribution in [0, 0.1) is 0 Å². The van der Waals surface area contributed by atoms with Gasteiger partial charge in [0, 0.05) is 17.4 Å². The average Bonchev–Trinajstić information content (AvgIpc) is 2.74. The van der Waals surface area contributed by atoms with Crippen LogP contribution in [0.15, 0.2) is 24.3 Å². The largest absolute Gasteiger partial charge is 0.395 e. The molecule has 0 unspecified atom stereocenters. The van der Waals surface area contributed by atoms with Crippen molar-refractivity contribution in [1.29, 1.82) is 0 Å². The Morgan fingerprint density at radius 3 is 3.00 bits per heavy atom. The van der Waals surface area contributed by atoms with Gasteiger partial charge in [0.15, 0.2) is 5.65 Å². The minimum atomic E-state index is 0.0358. The van der Waals surface area contributed by atoms with E-state index in [0.717, 1.165) is 16.4 Å². The third-order valence-corrected chi connectivity index (χ3v) is 2.52. The van der Waals surface area contributed by atoms with Crippen LogP contribution in [0.4, 0.5) is 5.95 Å². The van der Waals surface area contributed by atoms with Crippen molar-refractivity contribution >= 4 is 28.0 Å². The van der Waals surface area contributed by atoms with E-state index in [1.165, 1.54) is 0 Å². The van der Waals surface area contributed by atoms with Crippen LogP contribution < -0.4 is 5.32 Å². The van der Waals surface area contributed by atoms with Gasteiger partial charge >= 0.3 is 0 Å². The van der Waals surface area contributed by atoms with Gasteiger partial charge in [-0.2, -0.15) is 4.98 Å². The Morgan fingerprint density at radius 1 is 1.24 bits per heavy atom. The van der Waals surface area contributed by atoms with Gasteiger partial charge in [-0.15, -0.1) is 10.2 Å². The van der Waals surface area contributed by atoms with E-state index < -0.39 is 0 Å². The number of nitrogens with one attached hydrogen (secondary N) is 2. The van der Waals surface area contributed by atoms with Gasteiger partial charge in [-0.05, 0) is 6.07 Å². The third kappa shape index (κ3) is 1.68. The van der Waals surface area contributed by atoms with Crippen molar-refractivity contribution in [2.45, 2.75) is 0 Å². The van der Waals surface area contributed by atoms with Crippen LogP contribution >= 0.6 is 0 Å². The van der Waals surface area contributed by atoms with Gasteiger partial charge < -0.3 is 15.4 Å². The highest BCUT2D eigenvalue weighted by molar-refractivity contribution is 6.03. The molecule has 0 saturated heterocycles. The Kier molecular flexibility index (Phi) is 2.34. The molecule has 0 amide bonds. The van der Waals surface area contributed by atoms with E-state index >= 15 is 0 Å². The first-order valence-electron chi connectivity index (χ1n) is 5.34. The number of aromatic nitrogens is 4. The van der Waals surface area contributed by atoms with Crippen molar-refractivity contribution in [3.8, 4) is 0 Å². The molecule has 3 aromatic rings. The van der Waals surface area contributed by atoms with Gasteiger partial charge in [0.05, 0.1) is 6.61 Å². The Hall–Kier alpha value is -2.21. The molecule has 17 heavy (non-hydrogen) atoms. The number of fused-ring (bicyclic) bond motifs is 3. The number of benzene rings is 1. The third-order valence-electron chi connectivity index (χ3n) is 2.52. The number of para-hydroxylation sites is 1. The fourth-order valence-corrected chi connectivity index (χ4v) is 1.76. The van der Waals surface area contributed by atoms with Gasteiger partial charge in [-0.25, -0.2) is 0 Å². The summed E-state index contributed by atoms with van der Waals surface area (Å²) in [5, 5.41) is 20.7. The van der Waals surface area contributed by atoms with Crippen LogP contribution in [0.3, 0.4) is 0 Å². The number of aromatic amines is 1. The van der Waals surface area contributed by atoms with Crippen molar-refractivity contribution in [2.24, 2.45) is 0 Å². The molecular formula is C11H11N5O. The van der Waals surface area contributed by atoms with Crippen LogP contribution in [-0.2, 0) is 0 Å². The lowest BCUT2D eigenvalue weighted by Gasteiger charge is -1.99. The standard InChI is InChI=1S/C11H11N5O/c17-6-5-12-11-14-10-9(15-16-11)7-3-1-2-4-8(7)13-10/h1-4,17H,5-6H2,(H2,12,13,14,16). The molecule has 1 aromatic carbocycles. The number of hydrogen-bond acceptors (Lipinski definition) is 5. The summed E-state index contributed by atoms with van der Waals surface area (Å²) in [5.74, 6) is 0.415. The molecule has 0 spiro atoms. The second-order valence-electron chi connectivity index (χ2n) is 3.65. The van der Waals surface area contributed by atoms with Crippen LogP contribution in [0.2, 0.25) is 0 Å². The number of aliphatic hydroxyl groups excluding tert-OH is 1. The Labute approximate surface area is 96.7 Å². The van der Waals surface area contributed by atoms with Crippen molar-refractivity contribution in [1.82, 2.24) is 20.2 Å². The first-order chi connectivity index (χ1) is 8.38. The molecule has 0 aliphatic carbocycles. The zero-order chi connectivity index (χ0) is 11.7. The lowest BCUT2D eigenvalue weighted by Crippen LogP contribution is -2.09. The molecule has 0 atom stereocenters. The lowest BCUT2D eigenvalue weighted by molar-refractivity contribution is 0.310. The quantitative estimate of drug-likeness (QED) is 0.621. The normalized spacial score (nSPS) is 11.1. The Balaban J connectivity index is 2.13. The average molecular weight is 229 g/mol. The highest BCUT2D eigenvalue weighted by Crippen LogP contribution is 2.21. The smallest absolute Gasteiger partial charge is 0.244 e. The van der Waals surface area contributed by atoms with E-state index in [1.54, 1.807) is 0 Å².